The maximum absolute atomic E-state index is 12.9. The minimum absolute atomic E-state index is 0.0495. The molecule has 2 aliphatic heterocycles. The Hall–Kier alpha value is -3.48. The van der Waals surface area contributed by atoms with E-state index in [1.54, 1.807) is 0 Å². The van der Waals surface area contributed by atoms with Gasteiger partial charge in [0.1, 0.15) is 34.6 Å². The Bertz CT molecular complexity index is 2050. The van der Waals surface area contributed by atoms with Crippen molar-refractivity contribution in [2.45, 2.75) is 310 Å². The van der Waals surface area contributed by atoms with E-state index in [0.717, 1.165) is 62.5 Å². The fourth-order valence-corrected chi connectivity index (χ4v) is 12.8. The lowest BCUT2D eigenvalue weighted by atomic mass is 9.63. The van der Waals surface area contributed by atoms with Gasteiger partial charge in [0.05, 0.1) is 0 Å². The number of rotatable bonds is 38. The fourth-order valence-electron chi connectivity index (χ4n) is 12.8. The van der Waals surface area contributed by atoms with Crippen molar-refractivity contribution in [3.63, 3.8) is 0 Å². The van der Waals surface area contributed by atoms with Gasteiger partial charge in [0.25, 0.3) is 0 Å². The lowest BCUT2D eigenvalue weighted by molar-refractivity contribution is -0.153. The molecule has 6 nitrogen and oxygen atoms in total. The highest BCUT2D eigenvalue weighted by atomic mass is 16.6. The molecule has 4 aliphatic rings. The molecule has 0 amide bonds. The summed E-state index contributed by atoms with van der Waals surface area (Å²) < 4.78 is 25.3. The first-order valence-corrected chi connectivity index (χ1v) is 31.2. The molecule has 2 saturated heterocycles. The first-order chi connectivity index (χ1) is 36.3. The van der Waals surface area contributed by atoms with Gasteiger partial charge in [-0.2, -0.15) is 0 Å². The van der Waals surface area contributed by atoms with Crippen LogP contribution in [0.2, 0.25) is 0 Å². The second-order valence-electron chi connectivity index (χ2n) is 25.6. The first kappa shape index (κ1) is 65.0. The molecule has 4 rings (SSSR count). The van der Waals surface area contributed by atoms with Gasteiger partial charge in [-0.15, -0.1) is 0 Å². The summed E-state index contributed by atoms with van der Waals surface area (Å²) in [7, 11) is 0. The van der Waals surface area contributed by atoms with E-state index in [4.69, 9.17) is 18.9 Å². The zero-order chi connectivity index (χ0) is 55.6. The maximum Gasteiger partial charge on any atom is 0.306 e. The van der Waals surface area contributed by atoms with Crippen LogP contribution in [-0.2, 0) is 28.5 Å². The van der Waals surface area contributed by atoms with Gasteiger partial charge in [-0.3, -0.25) is 9.59 Å². The van der Waals surface area contributed by atoms with Gasteiger partial charge in [-0.1, -0.05) is 278 Å². The van der Waals surface area contributed by atoms with E-state index in [1.807, 2.05) is 0 Å². The number of hydrogen-bond donors (Lipinski definition) is 0. The number of allylic oxidation sites excluding steroid dienone is 16. The van der Waals surface area contributed by atoms with Crippen LogP contribution < -0.4 is 0 Å². The molecule has 6 heteroatoms. The largest absolute Gasteiger partial charge is 0.462 e. The highest BCUT2D eigenvalue weighted by molar-refractivity contribution is 5.70. The third-order valence-electron chi connectivity index (χ3n) is 17.5. The van der Waals surface area contributed by atoms with E-state index in [2.05, 4.69) is 168 Å². The van der Waals surface area contributed by atoms with Gasteiger partial charge < -0.3 is 18.9 Å². The van der Waals surface area contributed by atoms with Gasteiger partial charge in [-0.05, 0) is 79.4 Å². The van der Waals surface area contributed by atoms with Crippen LogP contribution in [-0.4, -0.2) is 46.6 Å². The molecule has 0 aromatic carbocycles. The van der Waals surface area contributed by atoms with Crippen LogP contribution >= 0.6 is 0 Å². The third kappa shape index (κ3) is 21.0. The van der Waals surface area contributed by atoms with E-state index in [1.165, 1.54) is 140 Å². The summed E-state index contributed by atoms with van der Waals surface area (Å²) in [6, 6.07) is 0. The van der Waals surface area contributed by atoms with Crippen LogP contribution in [0.1, 0.15) is 276 Å². The Morgan fingerprint density at radius 2 is 0.671 bits per heavy atom. The molecule has 0 N–H and O–H groups in total. The fraction of sp³-hybridized carbons (Fsp3) is 0.714. The number of unbranched alkanes of at least 4 members (excludes halogenated alkanes) is 22. The smallest absolute Gasteiger partial charge is 0.306 e. The number of epoxide rings is 2. The van der Waals surface area contributed by atoms with Crippen molar-refractivity contribution in [2.75, 3.05) is 0 Å². The maximum atomic E-state index is 12.9. The minimum Gasteiger partial charge on any atom is -0.462 e. The number of carbonyl (C=O) groups excluding carboxylic acids is 2. The first-order valence-electron chi connectivity index (χ1n) is 31.2. The lowest BCUT2D eigenvalue weighted by Crippen LogP contribution is -2.47. The molecular weight excluding hydrogens is 937 g/mol. The lowest BCUT2D eigenvalue weighted by Gasteiger charge is -2.40. The number of carbonyl (C=O) groups is 2. The van der Waals surface area contributed by atoms with Crippen LogP contribution in [0.3, 0.4) is 0 Å². The summed E-state index contributed by atoms with van der Waals surface area (Å²) in [4.78, 5) is 25.7. The molecule has 0 aromatic heterocycles. The van der Waals surface area contributed by atoms with Gasteiger partial charge in [-0.25, -0.2) is 0 Å². The monoisotopic (exact) mass is 1050 g/mol. The summed E-state index contributed by atoms with van der Waals surface area (Å²) in [5, 5.41) is 0. The topological polar surface area (TPSA) is 77.7 Å². The predicted octanol–water partition coefficient (Wildman–Crippen LogP) is 20.3. The Labute approximate surface area is 466 Å². The number of ether oxygens (including phenoxy) is 4. The molecule has 428 valence electrons. The Kier molecular flexibility index (Phi) is 27.9. The minimum atomic E-state index is -0.359. The molecule has 76 heavy (non-hydrogen) atoms. The summed E-state index contributed by atoms with van der Waals surface area (Å²) >= 11 is 0. The van der Waals surface area contributed by atoms with Crippen molar-refractivity contribution in [1.82, 2.24) is 0 Å². The number of hydrogen-bond acceptors (Lipinski definition) is 6. The molecule has 2 heterocycles. The third-order valence-corrected chi connectivity index (χ3v) is 17.5. The van der Waals surface area contributed by atoms with Gasteiger partial charge >= 0.3 is 11.9 Å². The van der Waals surface area contributed by atoms with E-state index >= 15 is 0 Å². The van der Waals surface area contributed by atoms with Crippen LogP contribution in [0.25, 0.3) is 0 Å². The van der Waals surface area contributed by atoms with Gasteiger partial charge in [0, 0.05) is 36.5 Å². The molecule has 0 radical (unpaired) electrons. The predicted molar refractivity (Wildman–Crippen MR) is 322 cm³/mol. The van der Waals surface area contributed by atoms with Crippen LogP contribution in [0.15, 0.2) is 107 Å². The second kappa shape index (κ2) is 32.6. The molecule has 0 bridgehead atoms. The Morgan fingerprint density at radius 3 is 0.974 bits per heavy atom. The number of fused-ring (bicyclic) bond motifs is 2. The van der Waals surface area contributed by atoms with E-state index in [9.17, 15) is 9.59 Å². The summed E-state index contributed by atoms with van der Waals surface area (Å²) in [5.74, 6) is -0.101. The normalized spacial score (nSPS) is 27.5. The molecule has 4 fully saturated rings. The Balaban J connectivity index is 1.12. The molecule has 2 aliphatic carbocycles. The van der Waals surface area contributed by atoms with Crippen molar-refractivity contribution in [2.24, 2.45) is 10.8 Å². The summed E-state index contributed by atoms with van der Waals surface area (Å²) in [6.07, 6.45) is 64.9. The zero-order valence-corrected chi connectivity index (χ0v) is 50.9. The molecule has 0 aromatic rings. The Morgan fingerprint density at radius 1 is 0.395 bits per heavy atom. The van der Waals surface area contributed by atoms with Crippen LogP contribution in [0.4, 0.5) is 0 Å². The molecule has 6 unspecified atom stereocenters. The van der Waals surface area contributed by atoms with E-state index < -0.39 is 0 Å². The summed E-state index contributed by atoms with van der Waals surface area (Å²) in [5.41, 5.74) is 2.95. The van der Waals surface area contributed by atoms with Crippen LogP contribution in [0, 0.1) is 10.8 Å². The average molecular weight is 1050 g/mol. The zero-order valence-electron chi connectivity index (χ0n) is 50.9. The quantitative estimate of drug-likeness (QED) is 0.0265. The van der Waals surface area contributed by atoms with Crippen molar-refractivity contribution in [3.05, 3.63) is 107 Å². The van der Waals surface area contributed by atoms with Crippen molar-refractivity contribution >= 4 is 11.9 Å². The molecule has 0 spiro atoms. The van der Waals surface area contributed by atoms with Crippen molar-refractivity contribution < 1.29 is 28.5 Å². The van der Waals surface area contributed by atoms with Crippen molar-refractivity contribution in [1.29, 1.82) is 0 Å². The number of esters is 2. The standard InChI is InChI=1S/C70H112O6/c1-13-15-17-19-21-23-25-26-28-30-32-34-36-48-64(72)74-62-54-66(9,10)70(68(12,56-62)76-70)52-50-60(6)46-40-44-58(4)42-38-37-41-57(3)43-39-45-59(5)49-51-69-65(7,8)53-61(55-67(69,11)75-69)73-63(71)47-35-33-31-29-27-24-22-20-18-16-14-2/h37-46,49-52,61-62H,13-36,47-48,53-56H2,1-12H3. The highest BCUT2D eigenvalue weighted by Crippen LogP contribution is 2.67. The van der Waals surface area contributed by atoms with E-state index in [0.29, 0.717) is 12.8 Å². The highest BCUT2D eigenvalue weighted by Gasteiger charge is 2.76. The van der Waals surface area contributed by atoms with E-state index in [-0.39, 0.29) is 57.4 Å². The second-order valence-corrected chi connectivity index (χ2v) is 25.6. The van der Waals surface area contributed by atoms with Gasteiger partial charge in [0.15, 0.2) is 0 Å². The van der Waals surface area contributed by atoms with Crippen molar-refractivity contribution in [3.8, 4) is 0 Å². The average Bonchev–Trinajstić information content (AvgIpc) is 4.24. The SMILES string of the molecule is CCCCCCCCCCCCCCCC(=O)OC1CC(C)(C)C2(C=CC(C)=CC=CC(C)=CC=CC=C(C)C=CC=C(C)C=CC34OC3(C)CC(OC(=O)CCCCCCCCCCCCC)CC4(C)C)OC2(C)C1. The van der Waals surface area contributed by atoms with Crippen LogP contribution in [0.5, 0.6) is 0 Å². The molecule has 2 saturated carbocycles. The summed E-state index contributed by atoms with van der Waals surface area (Å²) in [6.45, 7) is 26.4. The molecule has 6 atom stereocenters. The molecular formula is C70H112O6. The van der Waals surface area contributed by atoms with Gasteiger partial charge in [0.2, 0.25) is 0 Å².